The van der Waals surface area contributed by atoms with E-state index in [0.717, 1.165) is 28.1 Å². The molecule has 8 heteroatoms. The molecule has 0 N–H and O–H groups in total. The quantitative estimate of drug-likeness (QED) is 0.383. The van der Waals surface area contributed by atoms with Gasteiger partial charge in [-0.1, -0.05) is 23.4 Å². The van der Waals surface area contributed by atoms with Crippen LogP contribution in [-0.2, 0) is 11.3 Å². The van der Waals surface area contributed by atoms with Gasteiger partial charge in [-0.2, -0.15) is 16.3 Å². The Bertz CT molecular complexity index is 1320. The van der Waals surface area contributed by atoms with Gasteiger partial charge in [0.1, 0.15) is 5.82 Å². The molecule has 0 bridgehead atoms. The van der Waals surface area contributed by atoms with Crippen LogP contribution in [0.1, 0.15) is 22.1 Å². The zero-order valence-electron chi connectivity index (χ0n) is 16.0. The lowest BCUT2D eigenvalue weighted by Gasteiger charge is -2.07. The van der Waals surface area contributed by atoms with E-state index in [1.165, 1.54) is 0 Å². The first-order valence-electron chi connectivity index (χ1n) is 9.26. The maximum atomic E-state index is 12.5. The van der Waals surface area contributed by atoms with Gasteiger partial charge in [-0.15, -0.1) is 0 Å². The van der Waals surface area contributed by atoms with Crippen molar-refractivity contribution in [3.63, 3.8) is 0 Å². The lowest BCUT2D eigenvalue weighted by atomic mass is 10.2. The molecule has 0 amide bonds. The number of para-hydroxylation sites is 1. The van der Waals surface area contributed by atoms with Gasteiger partial charge in [-0.05, 0) is 48.7 Å². The monoisotopic (exact) mass is 416 g/mol. The molecule has 5 rings (SSSR count). The molecule has 2 aromatic carbocycles. The average molecular weight is 416 g/mol. The van der Waals surface area contributed by atoms with Gasteiger partial charge in [0.05, 0.1) is 16.6 Å². The maximum Gasteiger partial charge on any atom is 0.338 e. The van der Waals surface area contributed by atoms with Gasteiger partial charge in [0.25, 0.3) is 5.89 Å². The molecule has 3 aromatic heterocycles. The fourth-order valence-electron chi connectivity index (χ4n) is 3.26. The third kappa shape index (κ3) is 3.37. The summed E-state index contributed by atoms with van der Waals surface area (Å²) < 4.78 is 12.6. The van der Waals surface area contributed by atoms with Crippen molar-refractivity contribution < 1.29 is 14.1 Å². The van der Waals surface area contributed by atoms with Gasteiger partial charge in [0, 0.05) is 16.6 Å². The van der Waals surface area contributed by atoms with Crippen molar-refractivity contribution in [2.24, 2.45) is 0 Å². The molecule has 7 nitrogen and oxygen atoms in total. The largest absolute Gasteiger partial charge is 0.452 e. The van der Waals surface area contributed by atoms with E-state index in [2.05, 4.69) is 19.7 Å². The summed E-state index contributed by atoms with van der Waals surface area (Å²) in [4.78, 5) is 21.4. The lowest BCUT2D eigenvalue weighted by molar-refractivity contribution is 0.0430. The predicted molar refractivity (Wildman–Crippen MR) is 113 cm³/mol. The standard InChI is InChI=1S/C22H16N4O3S/c1-14-23-18-11-15(7-8-19(18)26(14)17-5-3-2-4-6-17)22(27)28-12-20-24-21(25-29-20)16-9-10-30-13-16/h2-11,13H,12H2,1H3. The van der Waals surface area contributed by atoms with Gasteiger partial charge in [0.2, 0.25) is 5.82 Å². The summed E-state index contributed by atoms with van der Waals surface area (Å²) in [6.45, 7) is 1.84. The third-order valence-electron chi connectivity index (χ3n) is 4.65. The molecule has 0 aliphatic rings. The number of ether oxygens (including phenoxy) is 1. The Morgan fingerprint density at radius 2 is 2.00 bits per heavy atom. The van der Waals surface area contributed by atoms with E-state index in [0.29, 0.717) is 11.4 Å². The molecule has 0 radical (unpaired) electrons. The van der Waals surface area contributed by atoms with Crippen LogP contribution in [0.5, 0.6) is 0 Å². The molecule has 0 spiro atoms. The van der Waals surface area contributed by atoms with Crippen molar-refractivity contribution in [2.75, 3.05) is 0 Å². The number of carbonyl (C=O) groups excluding carboxylic acids is 1. The van der Waals surface area contributed by atoms with Crippen molar-refractivity contribution in [3.05, 3.63) is 82.6 Å². The Morgan fingerprint density at radius 1 is 1.13 bits per heavy atom. The summed E-state index contributed by atoms with van der Waals surface area (Å²) in [6, 6.07) is 17.2. The number of thiophene rings is 1. The van der Waals surface area contributed by atoms with E-state index in [9.17, 15) is 4.79 Å². The molecule has 3 heterocycles. The first-order valence-corrected chi connectivity index (χ1v) is 10.2. The SMILES string of the molecule is Cc1nc2cc(C(=O)OCc3nc(-c4ccsc4)no3)ccc2n1-c1ccccc1. The van der Waals surface area contributed by atoms with Crippen molar-refractivity contribution in [2.45, 2.75) is 13.5 Å². The number of imidazole rings is 1. The van der Waals surface area contributed by atoms with Crippen molar-refractivity contribution >= 4 is 28.3 Å². The molecule has 30 heavy (non-hydrogen) atoms. The minimum absolute atomic E-state index is 0.0918. The highest BCUT2D eigenvalue weighted by Gasteiger charge is 2.15. The van der Waals surface area contributed by atoms with Gasteiger partial charge in [-0.3, -0.25) is 4.57 Å². The number of fused-ring (bicyclic) bond motifs is 1. The molecule has 5 aromatic rings. The molecular formula is C22H16N4O3S. The van der Waals surface area contributed by atoms with Gasteiger partial charge in [0.15, 0.2) is 6.61 Å². The summed E-state index contributed by atoms with van der Waals surface area (Å²) in [6.07, 6.45) is 0. The second-order valence-corrected chi connectivity index (χ2v) is 7.41. The summed E-state index contributed by atoms with van der Waals surface area (Å²) in [5, 5.41) is 7.76. The van der Waals surface area contributed by atoms with Crippen LogP contribution in [0.3, 0.4) is 0 Å². The highest BCUT2D eigenvalue weighted by molar-refractivity contribution is 7.08. The molecule has 0 unspecified atom stereocenters. The normalized spacial score (nSPS) is 11.1. The second-order valence-electron chi connectivity index (χ2n) is 6.63. The fraction of sp³-hybridized carbons (Fsp3) is 0.0909. The predicted octanol–water partition coefficient (Wildman–Crippen LogP) is 4.80. The number of aryl methyl sites for hydroxylation is 1. The number of rotatable bonds is 5. The third-order valence-corrected chi connectivity index (χ3v) is 5.33. The minimum Gasteiger partial charge on any atom is -0.452 e. The zero-order chi connectivity index (χ0) is 20.5. The van der Waals surface area contributed by atoms with Gasteiger partial charge < -0.3 is 9.26 Å². The Hall–Kier alpha value is -3.78. The molecule has 0 aliphatic heterocycles. The number of hydrogen-bond acceptors (Lipinski definition) is 7. The van der Waals surface area contributed by atoms with Crippen LogP contribution in [0, 0.1) is 6.92 Å². The smallest absolute Gasteiger partial charge is 0.338 e. The van der Waals surface area contributed by atoms with Crippen LogP contribution < -0.4 is 0 Å². The first kappa shape index (κ1) is 18.3. The van der Waals surface area contributed by atoms with E-state index < -0.39 is 5.97 Å². The van der Waals surface area contributed by atoms with E-state index >= 15 is 0 Å². The Balaban J connectivity index is 1.34. The van der Waals surface area contributed by atoms with Gasteiger partial charge >= 0.3 is 5.97 Å². The summed E-state index contributed by atoms with van der Waals surface area (Å²) in [5.74, 6) is 1.09. The van der Waals surface area contributed by atoms with Crippen LogP contribution in [0.15, 0.2) is 69.9 Å². The van der Waals surface area contributed by atoms with E-state index in [1.54, 1.807) is 23.5 Å². The Labute approximate surface area is 175 Å². The average Bonchev–Trinajstić information content (AvgIpc) is 3.51. The number of aromatic nitrogens is 4. The molecule has 0 aliphatic carbocycles. The molecular weight excluding hydrogens is 400 g/mol. The molecule has 148 valence electrons. The topological polar surface area (TPSA) is 83.0 Å². The Morgan fingerprint density at radius 3 is 2.80 bits per heavy atom. The fourth-order valence-corrected chi connectivity index (χ4v) is 3.90. The van der Waals surface area contributed by atoms with Crippen molar-refractivity contribution in [3.8, 4) is 17.1 Å². The van der Waals surface area contributed by atoms with E-state index in [1.807, 2.05) is 60.1 Å². The van der Waals surface area contributed by atoms with Crippen LogP contribution >= 0.6 is 11.3 Å². The molecule has 0 atom stereocenters. The van der Waals surface area contributed by atoms with Crippen LogP contribution in [-0.4, -0.2) is 25.7 Å². The second kappa shape index (κ2) is 7.57. The van der Waals surface area contributed by atoms with Crippen molar-refractivity contribution in [1.82, 2.24) is 19.7 Å². The number of hydrogen-bond donors (Lipinski definition) is 0. The number of esters is 1. The lowest BCUT2D eigenvalue weighted by Crippen LogP contribution is -2.05. The molecule has 0 fully saturated rings. The number of carbonyl (C=O) groups is 1. The zero-order valence-corrected chi connectivity index (χ0v) is 16.8. The maximum absolute atomic E-state index is 12.5. The summed E-state index contributed by atoms with van der Waals surface area (Å²) in [7, 11) is 0. The molecule has 0 saturated carbocycles. The van der Waals surface area contributed by atoms with Crippen LogP contribution in [0.25, 0.3) is 28.1 Å². The summed E-state index contributed by atoms with van der Waals surface area (Å²) in [5.41, 5.74) is 3.95. The van der Waals surface area contributed by atoms with E-state index in [4.69, 9.17) is 9.26 Å². The highest BCUT2D eigenvalue weighted by atomic mass is 32.1. The number of nitrogens with zero attached hydrogens (tertiary/aromatic N) is 4. The minimum atomic E-state index is -0.473. The van der Waals surface area contributed by atoms with Crippen LogP contribution in [0.2, 0.25) is 0 Å². The Kier molecular flexibility index (Phi) is 4.61. The highest BCUT2D eigenvalue weighted by Crippen LogP contribution is 2.23. The summed E-state index contributed by atoms with van der Waals surface area (Å²) >= 11 is 1.55. The van der Waals surface area contributed by atoms with E-state index in [-0.39, 0.29) is 12.5 Å². The molecule has 0 saturated heterocycles. The number of benzene rings is 2. The van der Waals surface area contributed by atoms with Gasteiger partial charge in [-0.25, -0.2) is 9.78 Å². The van der Waals surface area contributed by atoms with Crippen LogP contribution in [0.4, 0.5) is 0 Å². The first-order chi connectivity index (χ1) is 14.7. The van der Waals surface area contributed by atoms with Crippen molar-refractivity contribution in [1.29, 1.82) is 0 Å².